The van der Waals surface area contributed by atoms with Crippen molar-refractivity contribution in [2.24, 2.45) is 5.92 Å². The summed E-state index contributed by atoms with van der Waals surface area (Å²) in [5.74, 6) is 0.449. The minimum absolute atomic E-state index is 0.0616. The molecule has 90 valence electrons. The lowest BCUT2D eigenvalue weighted by atomic mass is 9.91. The summed E-state index contributed by atoms with van der Waals surface area (Å²) in [6, 6.07) is 0.312. The molecule has 0 atom stereocenters. The van der Waals surface area contributed by atoms with E-state index in [2.05, 4.69) is 10.6 Å². The number of nitrogens with one attached hydrogen (secondary N) is 2. The van der Waals surface area contributed by atoms with E-state index in [0.29, 0.717) is 0 Å². The van der Waals surface area contributed by atoms with Gasteiger partial charge in [-0.3, -0.25) is 4.79 Å². The fourth-order valence-corrected chi connectivity index (χ4v) is 2.22. The highest BCUT2D eigenvalue weighted by atomic mass is 16.4. The molecule has 0 radical (unpaired) electrons. The lowest BCUT2D eigenvalue weighted by Gasteiger charge is -2.28. The van der Waals surface area contributed by atoms with Gasteiger partial charge < -0.3 is 15.7 Å². The van der Waals surface area contributed by atoms with E-state index < -0.39 is 6.09 Å². The van der Waals surface area contributed by atoms with E-state index in [1.165, 1.54) is 0 Å². The third-order valence-electron chi connectivity index (χ3n) is 3.35. The molecule has 0 aromatic carbocycles. The predicted molar refractivity (Wildman–Crippen MR) is 58.1 cm³/mol. The minimum atomic E-state index is -0.953. The van der Waals surface area contributed by atoms with Crippen LogP contribution in [-0.2, 0) is 4.79 Å². The van der Waals surface area contributed by atoms with Crippen LogP contribution in [0.25, 0.3) is 0 Å². The molecule has 0 aromatic heterocycles. The zero-order chi connectivity index (χ0) is 11.5. The van der Waals surface area contributed by atoms with Crippen molar-refractivity contribution in [1.29, 1.82) is 0 Å². The molecule has 2 aliphatic carbocycles. The first-order valence-electron chi connectivity index (χ1n) is 5.95. The lowest BCUT2D eigenvalue weighted by molar-refractivity contribution is -0.123. The Morgan fingerprint density at radius 1 is 0.875 bits per heavy atom. The van der Waals surface area contributed by atoms with Crippen molar-refractivity contribution in [2.45, 2.75) is 50.6 Å². The Morgan fingerprint density at radius 2 is 1.38 bits per heavy atom. The lowest BCUT2D eigenvalue weighted by Crippen LogP contribution is -2.43. The van der Waals surface area contributed by atoms with E-state index in [4.69, 9.17) is 5.11 Å². The molecule has 2 amide bonds. The highest BCUT2D eigenvalue weighted by molar-refractivity contribution is 5.81. The van der Waals surface area contributed by atoms with Crippen LogP contribution in [-0.4, -0.2) is 29.2 Å². The van der Waals surface area contributed by atoms with Crippen molar-refractivity contribution >= 4 is 12.0 Å². The van der Waals surface area contributed by atoms with Crippen LogP contribution in [0.4, 0.5) is 4.79 Å². The van der Waals surface area contributed by atoms with Gasteiger partial charge in [-0.2, -0.15) is 0 Å². The Morgan fingerprint density at radius 3 is 1.81 bits per heavy atom. The van der Waals surface area contributed by atoms with Gasteiger partial charge in [-0.25, -0.2) is 4.79 Å². The van der Waals surface area contributed by atoms with Crippen LogP contribution in [0.2, 0.25) is 0 Å². The molecule has 5 nitrogen and oxygen atoms in total. The molecule has 0 unspecified atom stereocenters. The molecule has 0 heterocycles. The summed E-state index contributed by atoms with van der Waals surface area (Å²) in [6.07, 6.45) is 4.51. The number of carbonyl (C=O) groups excluding carboxylic acids is 1. The van der Waals surface area contributed by atoms with Crippen molar-refractivity contribution < 1.29 is 14.7 Å². The summed E-state index contributed by atoms with van der Waals surface area (Å²) in [7, 11) is 0. The fraction of sp³-hybridized carbons (Fsp3) is 0.818. The first-order valence-corrected chi connectivity index (χ1v) is 5.95. The van der Waals surface area contributed by atoms with Crippen LogP contribution >= 0.6 is 0 Å². The van der Waals surface area contributed by atoms with E-state index in [-0.39, 0.29) is 23.9 Å². The predicted octanol–water partition coefficient (Wildman–Crippen LogP) is 1.09. The van der Waals surface area contributed by atoms with Crippen LogP contribution in [0.1, 0.15) is 38.5 Å². The maximum atomic E-state index is 11.5. The Balaban J connectivity index is 1.68. The smallest absolute Gasteiger partial charge is 0.404 e. The van der Waals surface area contributed by atoms with Gasteiger partial charge in [0.05, 0.1) is 0 Å². The summed E-state index contributed by atoms with van der Waals surface area (Å²) in [6.45, 7) is 0. The zero-order valence-corrected chi connectivity index (χ0v) is 9.24. The molecule has 0 aliphatic heterocycles. The quantitative estimate of drug-likeness (QED) is 0.674. The van der Waals surface area contributed by atoms with Crippen LogP contribution in [0.3, 0.4) is 0 Å². The molecule has 5 heteroatoms. The number of hydrogen-bond donors (Lipinski definition) is 3. The van der Waals surface area contributed by atoms with Gasteiger partial charge in [0.15, 0.2) is 0 Å². The normalized spacial score (nSPS) is 29.5. The molecule has 2 saturated carbocycles. The Labute approximate surface area is 94.6 Å². The van der Waals surface area contributed by atoms with Crippen LogP contribution in [0.15, 0.2) is 0 Å². The van der Waals surface area contributed by atoms with Crippen LogP contribution in [0.5, 0.6) is 0 Å². The molecule has 2 fully saturated rings. The van der Waals surface area contributed by atoms with Crippen LogP contribution in [0, 0.1) is 5.92 Å². The standard InChI is InChI=1S/C11H18N2O3/c14-10(7-1-2-7)12-8-3-5-9(6-4-8)13-11(15)16/h7-9,13H,1-6H2,(H,12,14)(H,15,16). The van der Waals surface area contributed by atoms with E-state index in [1.807, 2.05) is 0 Å². The van der Waals surface area contributed by atoms with E-state index >= 15 is 0 Å². The first kappa shape index (κ1) is 11.2. The first-order chi connectivity index (χ1) is 7.65. The van der Waals surface area contributed by atoms with E-state index in [9.17, 15) is 9.59 Å². The second-order valence-electron chi connectivity index (χ2n) is 4.78. The minimum Gasteiger partial charge on any atom is -0.465 e. The van der Waals surface area contributed by atoms with Gasteiger partial charge >= 0.3 is 6.09 Å². The number of hydrogen-bond acceptors (Lipinski definition) is 2. The maximum Gasteiger partial charge on any atom is 0.404 e. The van der Waals surface area contributed by atoms with Crippen molar-refractivity contribution in [3.05, 3.63) is 0 Å². The van der Waals surface area contributed by atoms with E-state index in [1.54, 1.807) is 0 Å². The number of carboxylic acid groups (broad SMARTS) is 1. The molecule has 0 saturated heterocycles. The van der Waals surface area contributed by atoms with Gasteiger partial charge in [0.25, 0.3) is 0 Å². The van der Waals surface area contributed by atoms with Crippen molar-refractivity contribution in [2.75, 3.05) is 0 Å². The molecular formula is C11H18N2O3. The Kier molecular flexibility index (Phi) is 3.31. The zero-order valence-electron chi connectivity index (χ0n) is 9.24. The van der Waals surface area contributed by atoms with Gasteiger partial charge in [-0.15, -0.1) is 0 Å². The molecule has 16 heavy (non-hydrogen) atoms. The third-order valence-corrected chi connectivity index (χ3v) is 3.35. The second kappa shape index (κ2) is 4.72. The molecule has 2 rings (SSSR count). The van der Waals surface area contributed by atoms with Crippen molar-refractivity contribution in [3.8, 4) is 0 Å². The molecule has 0 spiro atoms. The summed E-state index contributed by atoms with van der Waals surface area (Å²) in [5, 5.41) is 14.1. The molecule has 0 bridgehead atoms. The highest BCUT2D eigenvalue weighted by Gasteiger charge is 2.32. The largest absolute Gasteiger partial charge is 0.465 e. The third kappa shape index (κ3) is 3.12. The summed E-state index contributed by atoms with van der Waals surface area (Å²) in [5.41, 5.74) is 0. The van der Waals surface area contributed by atoms with E-state index in [0.717, 1.165) is 38.5 Å². The summed E-state index contributed by atoms with van der Waals surface area (Å²) in [4.78, 5) is 22.0. The van der Waals surface area contributed by atoms with Gasteiger partial charge in [-0.05, 0) is 38.5 Å². The SMILES string of the molecule is O=C(O)NC1CCC(NC(=O)C2CC2)CC1. The number of rotatable bonds is 3. The molecule has 0 aromatic rings. The summed E-state index contributed by atoms with van der Waals surface area (Å²) < 4.78 is 0. The molecule has 3 N–H and O–H groups in total. The average molecular weight is 226 g/mol. The van der Waals surface area contributed by atoms with Crippen molar-refractivity contribution in [1.82, 2.24) is 10.6 Å². The number of amides is 2. The summed E-state index contributed by atoms with van der Waals surface area (Å²) >= 11 is 0. The second-order valence-corrected chi connectivity index (χ2v) is 4.78. The topological polar surface area (TPSA) is 78.4 Å². The number of carbonyl (C=O) groups is 2. The monoisotopic (exact) mass is 226 g/mol. The Hall–Kier alpha value is -1.26. The molecule has 2 aliphatic rings. The maximum absolute atomic E-state index is 11.5. The van der Waals surface area contributed by atoms with Gasteiger partial charge in [0, 0.05) is 18.0 Å². The average Bonchev–Trinajstić information content (AvgIpc) is 3.03. The fourth-order valence-electron chi connectivity index (χ4n) is 2.22. The van der Waals surface area contributed by atoms with Crippen LogP contribution < -0.4 is 10.6 Å². The van der Waals surface area contributed by atoms with Gasteiger partial charge in [-0.1, -0.05) is 0 Å². The van der Waals surface area contributed by atoms with Gasteiger partial charge in [0.1, 0.15) is 0 Å². The van der Waals surface area contributed by atoms with Gasteiger partial charge in [0.2, 0.25) is 5.91 Å². The highest BCUT2D eigenvalue weighted by Crippen LogP contribution is 2.29. The molecular weight excluding hydrogens is 208 g/mol. The Bertz CT molecular complexity index is 281. The van der Waals surface area contributed by atoms with Crippen molar-refractivity contribution in [3.63, 3.8) is 0 Å².